The molecule has 1 aliphatic rings. The zero-order chi connectivity index (χ0) is 12.5. The van der Waals surface area contributed by atoms with E-state index in [4.69, 9.17) is 4.55 Å². The summed E-state index contributed by atoms with van der Waals surface area (Å²) in [4.78, 5) is 13.6. The SMILES string of the molecule is O=C(c1coc(S(=O)(=O)O)c1)N1CCCCC1. The maximum atomic E-state index is 11.9. The van der Waals surface area contributed by atoms with Crippen LogP contribution in [0.3, 0.4) is 0 Å². The quantitative estimate of drug-likeness (QED) is 0.805. The summed E-state index contributed by atoms with van der Waals surface area (Å²) in [6, 6.07) is 1.05. The van der Waals surface area contributed by atoms with E-state index < -0.39 is 15.2 Å². The number of likely N-dealkylation sites (tertiary alicyclic amines) is 1. The smallest absolute Gasteiger partial charge is 0.328 e. The van der Waals surface area contributed by atoms with Crippen LogP contribution in [0, 0.1) is 0 Å². The fourth-order valence-corrected chi connectivity index (χ4v) is 2.29. The van der Waals surface area contributed by atoms with Crippen LogP contribution in [0.1, 0.15) is 29.6 Å². The minimum Gasteiger partial charge on any atom is -0.450 e. The Morgan fingerprint density at radius 2 is 1.94 bits per heavy atom. The molecule has 2 rings (SSSR count). The molecular weight excluding hydrogens is 246 g/mol. The Morgan fingerprint density at radius 1 is 1.29 bits per heavy atom. The Balaban J connectivity index is 2.17. The number of amides is 1. The highest BCUT2D eigenvalue weighted by Crippen LogP contribution is 2.17. The number of piperidine rings is 1. The van der Waals surface area contributed by atoms with E-state index in [9.17, 15) is 13.2 Å². The molecule has 0 bridgehead atoms. The molecule has 2 heterocycles. The monoisotopic (exact) mass is 259 g/mol. The Bertz CT molecular complexity index is 513. The zero-order valence-electron chi connectivity index (χ0n) is 9.13. The molecule has 6 nitrogen and oxygen atoms in total. The van der Waals surface area contributed by atoms with Crippen molar-refractivity contribution in [3.63, 3.8) is 0 Å². The molecule has 0 radical (unpaired) electrons. The highest BCUT2D eigenvalue weighted by molar-refractivity contribution is 7.85. The molecule has 0 spiro atoms. The van der Waals surface area contributed by atoms with Gasteiger partial charge in [0.1, 0.15) is 6.26 Å². The summed E-state index contributed by atoms with van der Waals surface area (Å²) in [5, 5.41) is -0.599. The van der Waals surface area contributed by atoms with E-state index in [0.29, 0.717) is 13.1 Å². The van der Waals surface area contributed by atoms with Crippen LogP contribution in [0.25, 0.3) is 0 Å². The number of carbonyl (C=O) groups excluding carboxylic acids is 1. The van der Waals surface area contributed by atoms with Gasteiger partial charge in [0, 0.05) is 19.2 Å². The van der Waals surface area contributed by atoms with Crippen LogP contribution < -0.4 is 0 Å². The first kappa shape index (κ1) is 12.1. The van der Waals surface area contributed by atoms with Gasteiger partial charge in [0.25, 0.3) is 5.91 Å². The number of hydrogen-bond acceptors (Lipinski definition) is 4. The summed E-state index contributed by atoms with van der Waals surface area (Å²) in [7, 11) is -4.38. The Kier molecular flexibility index (Phi) is 3.21. The average molecular weight is 259 g/mol. The molecule has 1 saturated heterocycles. The lowest BCUT2D eigenvalue weighted by Gasteiger charge is -2.26. The lowest BCUT2D eigenvalue weighted by Crippen LogP contribution is -2.35. The molecule has 1 amide bonds. The van der Waals surface area contributed by atoms with Crippen molar-refractivity contribution in [3.05, 3.63) is 17.9 Å². The molecule has 0 aliphatic carbocycles. The number of furan rings is 1. The Morgan fingerprint density at radius 3 is 2.47 bits per heavy atom. The van der Waals surface area contributed by atoms with Crippen LogP contribution in [0.5, 0.6) is 0 Å². The van der Waals surface area contributed by atoms with Crippen LogP contribution in [-0.4, -0.2) is 36.9 Å². The van der Waals surface area contributed by atoms with Crippen molar-refractivity contribution < 1.29 is 22.2 Å². The van der Waals surface area contributed by atoms with Gasteiger partial charge in [0.15, 0.2) is 0 Å². The van der Waals surface area contributed by atoms with E-state index >= 15 is 0 Å². The van der Waals surface area contributed by atoms with E-state index in [1.165, 1.54) is 0 Å². The van der Waals surface area contributed by atoms with Gasteiger partial charge in [-0.05, 0) is 19.3 Å². The maximum absolute atomic E-state index is 11.9. The van der Waals surface area contributed by atoms with Gasteiger partial charge in [-0.3, -0.25) is 9.35 Å². The lowest BCUT2D eigenvalue weighted by molar-refractivity contribution is 0.0723. The second-order valence-corrected chi connectivity index (χ2v) is 5.33. The molecule has 17 heavy (non-hydrogen) atoms. The Hall–Kier alpha value is -1.34. The van der Waals surface area contributed by atoms with Crippen molar-refractivity contribution in [1.29, 1.82) is 0 Å². The maximum Gasteiger partial charge on any atom is 0.328 e. The molecule has 1 fully saturated rings. The number of hydrogen-bond donors (Lipinski definition) is 1. The van der Waals surface area contributed by atoms with Gasteiger partial charge in [-0.2, -0.15) is 8.42 Å². The predicted molar refractivity (Wildman–Crippen MR) is 58.3 cm³/mol. The van der Waals surface area contributed by atoms with Crippen molar-refractivity contribution in [2.75, 3.05) is 13.1 Å². The molecule has 7 heteroatoms. The summed E-state index contributed by atoms with van der Waals surface area (Å²) in [5.41, 5.74) is 0.152. The lowest BCUT2D eigenvalue weighted by atomic mass is 10.1. The molecule has 0 saturated carbocycles. The van der Waals surface area contributed by atoms with E-state index in [1.807, 2.05) is 0 Å². The van der Waals surface area contributed by atoms with E-state index in [-0.39, 0.29) is 11.5 Å². The summed E-state index contributed by atoms with van der Waals surface area (Å²) >= 11 is 0. The first-order valence-corrected chi connectivity index (χ1v) is 6.78. The van der Waals surface area contributed by atoms with Crippen molar-refractivity contribution in [2.24, 2.45) is 0 Å². The molecule has 0 unspecified atom stereocenters. The molecule has 0 atom stereocenters. The van der Waals surface area contributed by atoms with Crippen LogP contribution in [0.15, 0.2) is 21.8 Å². The van der Waals surface area contributed by atoms with E-state index in [1.54, 1.807) is 4.90 Å². The number of rotatable bonds is 2. The largest absolute Gasteiger partial charge is 0.450 e. The van der Waals surface area contributed by atoms with Gasteiger partial charge in [-0.1, -0.05) is 0 Å². The van der Waals surface area contributed by atoms with Gasteiger partial charge in [-0.25, -0.2) is 0 Å². The van der Waals surface area contributed by atoms with Gasteiger partial charge < -0.3 is 9.32 Å². The third-order valence-electron chi connectivity index (χ3n) is 2.72. The van der Waals surface area contributed by atoms with Crippen LogP contribution in [0.2, 0.25) is 0 Å². The van der Waals surface area contributed by atoms with Crippen molar-refractivity contribution in [2.45, 2.75) is 24.4 Å². The van der Waals surface area contributed by atoms with Crippen molar-refractivity contribution >= 4 is 16.0 Å². The number of carbonyl (C=O) groups is 1. The van der Waals surface area contributed by atoms with Gasteiger partial charge >= 0.3 is 10.1 Å². The normalized spacial score (nSPS) is 17.1. The van der Waals surface area contributed by atoms with Crippen LogP contribution in [-0.2, 0) is 10.1 Å². The standard InChI is InChI=1S/C10H13NO5S/c12-10(11-4-2-1-3-5-11)8-6-9(16-7-8)17(13,14)15/h6-7H,1-5H2,(H,13,14,15). The highest BCUT2D eigenvalue weighted by atomic mass is 32.2. The molecule has 1 aromatic heterocycles. The predicted octanol–water partition coefficient (Wildman–Crippen LogP) is 1.15. The minimum atomic E-state index is -4.38. The Labute approximate surface area is 99.0 Å². The molecule has 0 aromatic carbocycles. The van der Waals surface area contributed by atoms with E-state index in [2.05, 4.69) is 4.42 Å². The fraction of sp³-hybridized carbons (Fsp3) is 0.500. The highest BCUT2D eigenvalue weighted by Gasteiger charge is 2.23. The first-order chi connectivity index (χ1) is 7.98. The molecular formula is C10H13NO5S. The molecule has 1 aromatic rings. The molecule has 1 aliphatic heterocycles. The fourth-order valence-electron chi connectivity index (χ4n) is 1.84. The van der Waals surface area contributed by atoms with Crippen LogP contribution >= 0.6 is 0 Å². The average Bonchev–Trinajstić information content (AvgIpc) is 2.78. The first-order valence-electron chi connectivity index (χ1n) is 5.34. The summed E-state index contributed by atoms with van der Waals surface area (Å²) in [6.07, 6.45) is 4.06. The van der Waals surface area contributed by atoms with E-state index in [0.717, 1.165) is 31.6 Å². The molecule has 94 valence electrons. The topological polar surface area (TPSA) is 87.8 Å². The second-order valence-electron chi connectivity index (χ2n) is 3.98. The second kappa shape index (κ2) is 4.50. The van der Waals surface area contributed by atoms with Gasteiger partial charge in [-0.15, -0.1) is 0 Å². The van der Waals surface area contributed by atoms with Crippen LogP contribution in [0.4, 0.5) is 0 Å². The summed E-state index contributed by atoms with van der Waals surface area (Å²) in [5.74, 6) is -0.261. The van der Waals surface area contributed by atoms with Gasteiger partial charge in [0.2, 0.25) is 5.09 Å². The van der Waals surface area contributed by atoms with Crippen molar-refractivity contribution in [1.82, 2.24) is 4.90 Å². The third kappa shape index (κ3) is 2.67. The van der Waals surface area contributed by atoms with Gasteiger partial charge in [0.05, 0.1) is 5.56 Å². The van der Waals surface area contributed by atoms with Crippen molar-refractivity contribution in [3.8, 4) is 0 Å². The summed E-state index contributed by atoms with van der Waals surface area (Å²) < 4.78 is 35.0. The molecule has 1 N–H and O–H groups in total. The zero-order valence-corrected chi connectivity index (χ0v) is 9.94. The minimum absolute atomic E-state index is 0.152. The summed E-state index contributed by atoms with van der Waals surface area (Å²) in [6.45, 7) is 1.34. The number of nitrogens with zero attached hydrogens (tertiary/aromatic N) is 1. The third-order valence-corrected chi connectivity index (χ3v) is 3.44.